The summed E-state index contributed by atoms with van der Waals surface area (Å²) in [6, 6.07) is 24.0. The molecule has 37 heavy (non-hydrogen) atoms. The van der Waals surface area contributed by atoms with Gasteiger partial charge in [-0.3, -0.25) is 14.5 Å². The number of rotatable bonds is 11. The summed E-state index contributed by atoms with van der Waals surface area (Å²) in [5.74, 6) is 1.11. The van der Waals surface area contributed by atoms with Crippen LogP contribution in [-0.2, 0) is 22.6 Å². The van der Waals surface area contributed by atoms with Gasteiger partial charge in [0.25, 0.3) is 5.91 Å². The first-order valence-electron chi connectivity index (χ1n) is 12.3. The molecule has 1 atom stereocenters. The van der Waals surface area contributed by atoms with Gasteiger partial charge >= 0.3 is 0 Å². The highest BCUT2D eigenvalue weighted by molar-refractivity contribution is 7.80. The van der Waals surface area contributed by atoms with Crippen LogP contribution in [0.4, 0.5) is 5.69 Å². The summed E-state index contributed by atoms with van der Waals surface area (Å²) in [5.41, 5.74) is 2.72. The van der Waals surface area contributed by atoms with Crippen molar-refractivity contribution in [1.29, 1.82) is 0 Å². The van der Waals surface area contributed by atoms with E-state index in [1.165, 1.54) is 0 Å². The number of hydrogen-bond donors (Lipinski definition) is 1. The van der Waals surface area contributed by atoms with Crippen molar-refractivity contribution in [3.8, 4) is 11.5 Å². The van der Waals surface area contributed by atoms with E-state index >= 15 is 0 Å². The molecule has 0 bridgehead atoms. The summed E-state index contributed by atoms with van der Waals surface area (Å²) in [6.45, 7) is 3.37. The minimum atomic E-state index is -0.669. The molecule has 0 spiro atoms. The molecule has 1 aliphatic rings. The van der Waals surface area contributed by atoms with Gasteiger partial charge in [-0.2, -0.15) is 0 Å². The zero-order chi connectivity index (χ0) is 26.2. The zero-order valence-corrected chi connectivity index (χ0v) is 21.9. The zero-order valence-electron chi connectivity index (χ0n) is 21.1. The second-order valence-corrected chi connectivity index (χ2v) is 9.07. The Labute approximate surface area is 223 Å². The molecule has 3 aromatic carbocycles. The van der Waals surface area contributed by atoms with Crippen LogP contribution in [0.2, 0.25) is 0 Å². The Kier molecular flexibility index (Phi) is 8.74. The Morgan fingerprint density at radius 1 is 0.946 bits per heavy atom. The highest BCUT2D eigenvalue weighted by atomic mass is 32.1. The molecule has 0 radical (unpaired) electrons. The molecule has 1 saturated heterocycles. The first-order valence-corrected chi connectivity index (χ1v) is 12.7. The molecule has 192 valence electrons. The van der Waals surface area contributed by atoms with E-state index in [4.69, 9.17) is 21.7 Å². The van der Waals surface area contributed by atoms with E-state index in [0.29, 0.717) is 36.9 Å². The average Bonchev–Trinajstić information content (AvgIpc) is 3.13. The molecule has 1 N–H and O–H groups in total. The van der Waals surface area contributed by atoms with E-state index in [2.05, 4.69) is 5.32 Å². The number of amides is 2. The molecule has 4 rings (SSSR count). The van der Waals surface area contributed by atoms with Crippen molar-refractivity contribution in [2.45, 2.75) is 32.4 Å². The predicted octanol–water partition coefficient (Wildman–Crippen LogP) is 4.66. The Morgan fingerprint density at radius 2 is 1.62 bits per heavy atom. The third-order valence-electron chi connectivity index (χ3n) is 6.22. The van der Waals surface area contributed by atoms with Crippen molar-refractivity contribution in [3.05, 3.63) is 90.0 Å². The Morgan fingerprint density at radius 3 is 2.27 bits per heavy atom. The molecule has 8 heteroatoms. The van der Waals surface area contributed by atoms with Gasteiger partial charge in [0.05, 0.1) is 26.7 Å². The maximum absolute atomic E-state index is 13.5. The molecule has 1 fully saturated rings. The van der Waals surface area contributed by atoms with E-state index in [1.54, 1.807) is 36.3 Å². The number of nitrogens with one attached hydrogen (secondary N) is 1. The Balaban J connectivity index is 1.48. The van der Waals surface area contributed by atoms with Gasteiger partial charge in [-0.1, -0.05) is 42.5 Å². The number of methoxy groups -OCH3 is 1. The number of thiocarbonyl (C=S) groups is 1. The van der Waals surface area contributed by atoms with Crippen molar-refractivity contribution < 1.29 is 19.1 Å². The van der Waals surface area contributed by atoms with E-state index in [-0.39, 0.29) is 18.2 Å². The number of carbonyl (C=O) groups excluding carboxylic acids is 2. The topological polar surface area (TPSA) is 71.1 Å². The fourth-order valence-corrected chi connectivity index (χ4v) is 4.66. The minimum Gasteiger partial charge on any atom is -0.497 e. The third-order valence-corrected chi connectivity index (χ3v) is 6.67. The van der Waals surface area contributed by atoms with E-state index in [0.717, 1.165) is 22.6 Å². The summed E-state index contributed by atoms with van der Waals surface area (Å²) in [6.07, 6.45) is 0.674. The molecule has 3 aromatic rings. The van der Waals surface area contributed by atoms with Crippen molar-refractivity contribution in [2.75, 3.05) is 25.6 Å². The van der Waals surface area contributed by atoms with Crippen LogP contribution in [-0.4, -0.2) is 53.0 Å². The minimum absolute atomic E-state index is 0.0000863. The van der Waals surface area contributed by atoms with Crippen LogP contribution in [0.1, 0.15) is 24.5 Å². The van der Waals surface area contributed by atoms with Crippen LogP contribution in [0, 0.1) is 0 Å². The molecule has 7 nitrogen and oxygen atoms in total. The number of benzene rings is 3. The third kappa shape index (κ3) is 6.65. The van der Waals surface area contributed by atoms with Gasteiger partial charge < -0.3 is 19.7 Å². The van der Waals surface area contributed by atoms with Crippen LogP contribution < -0.4 is 14.8 Å². The number of carbonyl (C=O) groups is 2. The summed E-state index contributed by atoms with van der Waals surface area (Å²) in [5, 5.41) is 3.34. The predicted molar refractivity (Wildman–Crippen MR) is 148 cm³/mol. The molecule has 0 aliphatic carbocycles. The van der Waals surface area contributed by atoms with Crippen LogP contribution in [0.25, 0.3) is 0 Å². The first kappa shape index (κ1) is 26.2. The number of hydrogen-bond acceptors (Lipinski definition) is 5. The van der Waals surface area contributed by atoms with Crippen molar-refractivity contribution in [3.63, 3.8) is 0 Å². The molecule has 1 unspecified atom stereocenters. The van der Waals surface area contributed by atoms with Gasteiger partial charge in [0, 0.05) is 12.2 Å². The van der Waals surface area contributed by atoms with Crippen molar-refractivity contribution in [2.24, 2.45) is 0 Å². The lowest BCUT2D eigenvalue weighted by Gasteiger charge is -2.24. The maximum Gasteiger partial charge on any atom is 0.252 e. The number of nitrogens with zero attached hydrogens (tertiary/aromatic N) is 2. The van der Waals surface area contributed by atoms with E-state index in [9.17, 15) is 9.59 Å². The normalized spacial score (nSPS) is 15.1. The number of anilines is 1. The lowest BCUT2D eigenvalue weighted by molar-refractivity contribution is -0.131. The van der Waals surface area contributed by atoms with Crippen molar-refractivity contribution >= 4 is 34.8 Å². The molecule has 1 aliphatic heterocycles. The Hall–Kier alpha value is -3.91. The van der Waals surface area contributed by atoms with E-state index in [1.807, 2.05) is 66.4 Å². The summed E-state index contributed by atoms with van der Waals surface area (Å²) in [7, 11) is 1.63. The van der Waals surface area contributed by atoms with Crippen LogP contribution in [0.5, 0.6) is 11.5 Å². The lowest BCUT2D eigenvalue weighted by Crippen LogP contribution is -2.39. The summed E-state index contributed by atoms with van der Waals surface area (Å²) in [4.78, 5) is 30.0. The van der Waals surface area contributed by atoms with E-state index < -0.39 is 6.04 Å². The summed E-state index contributed by atoms with van der Waals surface area (Å²) >= 11 is 5.76. The van der Waals surface area contributed by atoms with Gasteiger partial charge in [-0.15, -0.1) is 0 Å². The van der Waals surface area contributed by atoms with Crippen molar-refractivity contribution in [1.82, 2.24) is 9.80 Å². The standard InChI is InChI=1S/C29H31N3O4S/c1-3-36-25-15-11-23(12-16-25)30-27(33)19-26-28(34)32(20-22-7-5-4-6-8-22)29(37)31(26)18-17-21-9-13-24(35-2)14-10-21/h4-16,26H,3,17-20H2,1-2H3,(H,30,33). The molecule has 0 saturated carbocycles. The second kappa shape index (κ2) is 12.4. The smallest absolute Gasteiger partial charge is 0.252 e. The van der Waals surface area contributed by atoms with Crippen LogP contribution in [0.15, 0.2) is 78.9 Å². The van der Waals surface area contributed by atoms with Gasteiger partial charge in [0.15, 0.2) is 5.11 Å². The molecule has 2 amide bonds. The molecular weight excluding hydrogens is 486 g/mol. The SMILES string of the molecule is CCOc1ccc(NC(=O)CC2C(=O)N(Cc3ccccc3)C(=S)N2CCc2ccc(OC)cc2)cc1. The maximum atomic E-state index is 13.5. The van der Waals surface area contributed by atoms with Crippen LogP contribution >= 0.6 is 12.2 Å². The lowest BCUT2D eigenvalue weighted by atomic mass is 10.1. The number of ether oxygens (including phenoxy) is 2. The highest BCUT2D eigenvalue weighted by Crippen LogP contribution is 2.25. The molecule has 0 aromatic heterocycles. The average molecular weight is 518 g/mol. The quantitative estimate of drug-likeness (QED) is 0.373. The Bertz CT molecular complexity index is 1220. The monoisotopic (exact) mass is 517 g/mol. The first-order chi connectivity index (χ1) is 18.0. The highest BCUT2D eigenvalue weighted by Gasteiger charge is 2.43. The largest absolute Gasteiger partial charge is 0.497 e. The molecule has 1 heterocycles. The van der Waals surface area contributed by atoms with Gasteiger partial charge in [-0.25, -0.2) is 0 Å². The van der Waals surface area contributed by atoms with Gasteiger partial charge in [-0.05, 0) is 73.1 Å². The molecular formula is C29H31N3O4S. The van der Waals surface area contributed by atoms with Gasteiger partial charge in [0.1, 0.15) is 17.5 Å². The van der Waals surface area contributed by atoms with Gasteiger partial charge in [0.2, 0.25) is 5.91 Å². The fraction of sp³-hybridized carbons (Fsp3) is 0.276. The fourth-order valence-electron chi connectivity index (χ4n) is 4.29. The van der Waals surface area contributed by atoms with Crippen LogP contribution in [0.3, 0.4) is 0 Å². The summed E-state index contributed by atoms with van der Waals surface area (Å²) < 4.78 is 10.7. The second-order valence-electron chi connectivity index (χ2n) is 8.71.